The van der Waals surface area contributed by atoms with Crippen LogP contribution in [0.1, 0.15) is 31.2 Å². The summed E-state index contributed by atoms with van der Waals surface area (Å²) in [5, 5.41) is 0. The summed E-state index contributed by atoms with van der Waals surface area (Å²) in [4.78, 5) is 3.05. The van der Waals surface area contributed by atoms with Gasteiger partial charge in [0.25, 0.3) is 0 Å². The molecule has 1 aromatic carbocycles. The summed E-state index contributed by atoms with van der Waals surface area (Å²) in [5.74, 6) is 0.898. The molecule has 2 fully saturated rings. The van der Waals surface area contributed by atoms with Gasteiger partial charge >= 0.3 is 0 Å². The first-order chi connectivity index (χ1) is 8.25. The van der Waals surface area contributed by atoms with Crippen molar-refractivity contribution in [2.75, 3.05) is 11.4 Å². The molecule has 0 atom stereocenters. The number of benzene rings is 1. The highest BCUT2D eigenvalue weighted by atomic mass is 32.1. The number of hydrogen-bond donors (Lipinski definition) is 1. The molecule has 90 valence electrons. The van der Waals surface area contributed by atoms with Crippen molar-refractivity contribution in [3.63, 3.8) is 0 Å². The van der Waals surface area contributed by atoms with Gasteiger partial charge in [0.2, 0.25) is 0 Å². The molecule has 0 aromatic heterocycles. The van der Waals surface area contributed by atoms with Gasteiger partial charge in [0.05, 0.1) is 0 Å². The molecule has 0 amide bonds. The van der Waals surface area contributed by atoms with E-state index in [0.29, 0.717) is 4.99 Å². The smallest absolute Gasteiger partial charge is 0.106 e. The van der Waals surface area contributed by atoms with E-state index in [2.05, 4.69) is 17.0 Å². The number of para-hydroxylation sites is 1. The van der Waals surface area contributed by atoms with Crippen LogP contribution < -0.4 is 10.6 Å². The molecule has 2 aliphatic rings. The summed E-state index contributed by atoms with van der Waals surface area (Å²) in [7, 11) is 0. The molecule has 3 heteroatoms. The van der Waals surface area contributed by atoms with Crippen LogP contribution in [0.2, 0.25) is 0 Å². The van der Waals surface area contributed by atoms with Gasteiger partial charge in [0, 0.05) is 23.8 Å². The predicted molar refractivity (Wildman–Crippen MR) is 75.4 cm³/mol. The number of nitrogens with two attached hydrogens (primary N) is 1. The zero-order valence-corrected chi connectivity index (χ0v) is 10.7. The molecule has 0 aliphatic heterocycles. The van der Waals surface area contributed by atoms with E-state index >= 15 is 0 Å². The zero-order valence-electron chi connectivity index (χ0n) is 9.93. The average molecular weight is 246 g/mol. The fraction of sp³-hybridized carbons (Fsp3) is 0.500. The molecule has 0 spiro atoms. The van der Waals surface area contributed by atoms with Crippen LogP contribution in [0.25, 0.3) is 0 Å². The fourth-order valence-electron chi connectivity index (χ4n) is 2.34. The maximum Gasteiger partial charge on any atom is 0.106 e. The summed E-state index contributed by atoms with van der Waals surface area (Å²) in [6, 6.07) is 9.03. The van der Waals surface area contributed by atoms with Crippen LogP contribution in [-0.2, 0) is 0 Å². The Labute approximate surface area is 108 Å². The van der Waals surface area contributed by atoms with Gasteiger partial charge in [-0.15, -0.1) is 0 Å². The van der Waals surface area contributed by atoms with E-state index < -0.39 is 0 Å². The first kappa shape index (κ1) is 11.0. The Kier molecular flexibility index (Phi) is 2.79. The molecular formula is C14H18N2S. The summed E-state index contributed by atoms with van der Waals surface area (Å²) in [6.07, 6.45) is 5.41. The average Bonchev–Trinajstić information content (AvgIpc) is 3.17. The van der Waals surface area contributed by atoms with Crippen molar-refractivity contribution in [1.29, 1.82) is 0 Å². The van der Waals surface area contributed by atoms with Crippen LogP contribution in [0, 0.1) is 5.92 Å². The molecule has 3 rings (SSSR count). The van der Waals surface area contributed by atoms with Crippen molar-refractivity contribution in [3.8, 4) is 0 Å². The number of nitrogens with zero attached hydrogens (tertiary/aromatic N) is 1. The second-order valence-corrected chi connectivity index (χ2v) is 5.65. The molecule has 2 aliphatic carbocycles. The minimum atomic E-state index is 0.516. The van der Waals surface area contributed by atoms with E-state index in [1.165, 1.54) is 37.9 Å². The molecule has 0 saturated heterocycles. The van der Waals surface area contributed by atoms with Crippen molar-refractivity contribution < 1.29 is 0 Å². The zero-order chi connectivity index (χ0) is 11.8. The number of rotatable bonds is 5. The molecule has 2 saturated carbocycles. The van der Waals surface area contributed by atoms with Gasteiger partial charge < -0.3 is 10.6 Å². The van der Waals surface area contributed by atoms with Gasteiger partial charge in [-0.1, -0.05) is 24.4 Å². The highest BCUT2D eigenvalue weighted by molar-refractivity contribution is 7.80. The highest BCUT2D eigenvalue weighted by Gasteiger charge is 2.34. The highest BCUT2D eigenvalue weighted by Crippen LogP contribution is 2.38. The first-order valence-electron chi connectivity index (χ1n) is 6.41. The van der Waals surface area contributed by atoms with Gasteiger partial charge in [-0.25, -0.2) is 0 Å². The largest absolute Gasteiger partial charge is 0.389 e. The molecule has 0 heterocycles. The standard InChI is InChI=1S/C14H18N2S/c15-14(17)12-3-1-2-4-13(12)16(11-7-8-11)9-10-5-6-10/h1-4,10-11H,5-9H2,(H2,15,17). The molecule has 1 aromatic rings. The maximum atomic E-state index is 5.82. The van der Waals surface area contributed by atoms with E-state index in [1.54, 1.807) is 0 Å². The molecule has 2 N–H and O–H groups in total. The van der Waals surface area contributed by atoms with Crippen LogP contribution in [0.3, 0.4) is 0 Å². The third-order valence-corrected chi connectivity index (χ3v) is 3.84. The van der Waals surface area contributed by atoms with Crippen molar-refractivity contribution in [2.24, 2.45) is 11.7 Å². The van der Waals surface area contributed by atoms with Gasteiger partial charge in [-0.3, -0.25) is 0 Å². The summed E-state index contributed by atoms with van der Waals surface area (Å²) >= 11 is 5.16. The van der Waals surface area contributed by atoms with Crippen LogP contribution in [0.5, 0.6) is 0 Å². The van der Waals surface area contributed by atoms with Crippen LogP contribution in [0.4, 0.5) is 5.69 Å². The van der Waals surface area contributed by atoms with Gasteiger partial charge in [-0.2, -0.15) is 0 Å². The second kappa shape index (κ2) is 4.30. The fourth-order valence-corrected chi connectivity index (χ4v) is 2.51. The lowest BCUT2D eigenvalue weighted by molar-refractivity contribution is 0.718. The molecule has 2 nitrogen and oxygen atoms in total. The monoisotopic (exact) mass is 246 g/mol. The minimum Gasteiger partial charge on any atom is -0.389 e. The second-order valence-electron chi connectivity index (χ2n) is 5.21. The summed E-state index contributed by atoms with van der Waals surface area (Å²) in [6.45, 7) is 1.18. The SMILES string of the molecule is NC(=S)c1ccccc1N(CC1CC1)C1CC1. The molecule has 0 unspecified atom stereocenters. The lowest BCUT2D eigenvalue weighted by Crippen LogP contribution is -2.30. The lowest BCUT2D eigenvalue weighted by Gasteiger charge is -2.27. The molecule has 0 radical (unpaired) electrons. The summed E-state index contributed by atoms with van der Waals surface area (Å²) in [5.41, 5.74) is 8.11. The van der Waals surface area contributed by atoms with E-state index in [1.807, 2.05) is 12.1 Å². The van der Waals surface area contributed by atoms with Crippen LogP contribution in [-0.4, -0.2) is 17.6 Å². The van der Waals surface area contributed by atoms with Gasteiger partial charge in [0.1, 0.15) is 4.99 Å². The first-order valence-corrected chi connectivity index (χ1v) is 6.82. The maximum absolute atomic E-state index is 5.82. The Morgan fingerprint density at radius 2 is 1.94 bits per heavy atom. The van der Waals surface area contributed by atoms with Gasteiger partial charge in [0.15, 0.2) is 0 Å². The number of anilines is 1. The quantitative estimate of drug-likeness (QED) is 0.810. The van der Waals surface area contributed by atoms with Gasteiger partial charge in [-0.05, 0) is 43.7 Å². The lowest BCUT2D eigenvalue weighted by atomic mass is 10.1. The van der Waals surface area contributed by atoms with E-state index in [-0.39, 0.29) is 0 Å². The Morgan fingerprint density at radius 1 is 1.24 bits per heavy atom. The number of thiocarbonyl (C=S) groups is 1. The Bertz CT molecular complexity index is 436. The van der Waals surface area contributed by atoms with Crippen molar-refractivity contribution in [3.05, 3.63) is 29.8 Å². The molecule has 0 bridgehead atoms. The van der Waals surface area contributed by atoms with Crippen LogP contribution in [0.15, 0.2) is 24.3 Å². The van der Waals surface area contributed by atoms with Crippen molar-refractivity contribution >= 4 is 22.9 Å². The van der Waals surface area contributed by atoms with Crippen LogP contribution >= 0.6 is 12.2 Å². The Balaban J connectivity index is 1.90. The molecule has 17 heavy (non-hydrogen) atoms. The van der Waals surface area contributed by atoms with E-state index in [4.69, 9.17) is 18.0 Å². The van der Waals surface area contributed by atoms with E-state index in [9.17, 15) is 0 Å². The number of hydrogen-bond acceptors (Lipinski definition) is 2. The summed E-state index contributed by atoms with van der Waals surface area (Å²) < 4.78 is 0. The third kappa shape index (κ3) is 2.44. The predicted octanol–water partition coefficient (Wildman–Crippen LogP) is 2.70. The van der Waals surface area contributed by atoms with E-state index in [0.717, 1.165) is 17.5 Å². The molecular weight excluding hydrogens is 228 g/mol. The topological polar surface area (TPSA) is 29.3 Å². The van der Waals surface area contributed by atoms with Crippen molar-refractivity contribution in [1.82, 2.24) is 0 Å². The van der Waals surface area contributed by atoms with Crippen molar-refractivity contribution in [2.45, 2.75) is 31.7 Å². The Morgan fingerprint density at radius 3 is 2.53 bits per heavy atom. The Hall–Kier alpha value is -1.09. The third-order valence-electron chi connectivity index (χ3n) is 3.62. The normalized spacial score (nSPS) is 19.1. The minimum absolute atomic E-state index is 0.516.